The zero-order chi connectivity index (χ0) is 15.5. The summed E-state index contributed by atoms with van der Waals surface area (Å²) in [7, 11) is -1.45. The van der Waals surface area contributed by atoms with Crippen molar-refractivity contribution in [1.29, 1.82) is 0 Å². The normalized spacial score (nSPS) is 30.1. The Kier molecular flexibility index (Phi) is 5.52. The van der Waals surface area contributed by atoms with Gasteiger partial charge in [-0.1, -0.05) is 6.42 Å². The van der Waals surface area contributed by atoms with E-state index >= 15 is 0 Å². The minimum absolute atomic E-state index is 0.111. The van der Waals surface area contributed by atoms with Crippen LogP contribution in [-0.4, -0.2) is 63.7 Å². The molecule has 1 aliphatic rings. The van der Waals surface area contributed by atoms with Crippen LogP contribution in [0.1, 0.15) is 19.8 Å². The summed E-state index contributed by atoms with van der Waals surface area (Å²) in [5.74, 6) is -1.73. The van der Waals surface area contributed by atoms with Gasteiger partial charge >= 0.3 is 13.1 Å². The molecule has 1 saturated heterocycles. The number of carbonyl (C=O) groups is 2. The molecule has 0 bridgehead atoms. The van der Waals surface area contributed by atoms with Crippen molar-refractivity contribution in [1.82, 2.24) is 4.90 Å². The van der Waals surface area contributed by atoms with E-state index in [2.05, 4.69) is 0 Å². The third-order valence-corrected chi connectivity index (χ3v) is 4.02. The van der Waals surface area contributed by atoms with Gasteiger partial charge in [0, 0.05) is 6.54 Å². The number of aliphatic carboxylic acids is 1. The number of amides is 1. The largest absolute Gasteiger partial charge is 0.480 e. The number of likely N-dealkylation sites (tertiary alicyclic amines) is 1. The van der Waals surface area contributed by atoms with E-state index in [-0.39, 0.29) is 31.1 Å². The minimum Gasteiger partial charge on any atom is -0.480 e. The molecule has 0 aliphatic carbocycles. The van der Waals surface area contributed by atoms with Gasteiger partial charge in [0.25, 0.3) is 0 Å². The number of piperidine rings is 1. The molecule has 7 N–H and O–H groups in total. The molecule has 0 spiro atoms. The van der Waals surface area contributed by atoms with Crippen LogP contribution in [0.5, 0.6) is 0 Å². The van der Waals surface area contributed by atoms with Crippen LogP contribution in [0.3, 0.4) is 0 Å². The first-order valence-electron chi connectivity index (χ1n) is 6.60. The molecule has 1 amide bonds. The van der Waals surface area contributed by atoms with Crippen LogP contribution in [0.4, 0.5) is 0 Å². The van der Waals surface area contributed by atoms with Gasteiger partial charge in [0.15, 0.2) is 0 Å². The van der Waals surface area contributed by atoms with E-state index in [1.165, 1.54) is 4.90 Å². The molecule has 1 aliphatic heterocycles. The number of carbonyl (C=O) groups excluding carboxylic acids is 1. The van der Waals surface area contributed by atoms with E-state index < -0.39 is 24.7 Å². The molecule has 20 heavy (non-hydrogen) atoms. The molecule has 0 aromatic heterocycles. The first kappa shape index (κ1) is 16.9. The molecule has 1 fully saturated rings. The highest BCUT2D eigenvalue weighted by Crippen LogP contribution is 2.32. The van der Waals surface area contributed by atoms with Crippen molar-refractivity contribution in [2.24, 2.45) is 17.4 Å². The fourth-order valence-electron chi connectivity index (χ4n) is 2.71. The van der Waals surface area contributed by atoms with Crippen molar-refractivity contribution >= 4 is 19.0 Å². The lowest BCUT2D eigenvalue weighted by Gasteiger charge is -2.47. The van der Waals surface area contributed by atoms with E-state index in [0.29, 0.717) is 13.0 Å². The molecule has 0 radical (unpaired) electrons. The fraction of sp³-hybridized carbons (Fsp3) is 0.818. The van der Waals surface area contributed by atoms with Gasteiger partial charge in [0.1, 0.15) is 5.54 Å². The molecular weight excluding hydrogens is 265 g/mol. The van der Waals surface area contributed by atoms with Gasteiger partial charge in [-0.15, -0.1) is 0 Å². The Labute approximate surface area is 117 Å². The fourth-order valence-corrected chi connectivity index (χ4v) is 2.71. The summed E-state index contributed by atoms with van der Waals surface area (Å²) in [6.07, 6.45) is 0.676. The van der Waals surface area contributed by atoms with Crippen molar-refractivity contribution in [2.45, 2.75) is 37.7 Å². The molecule has 114 valence electrons. The maximum Gasteiger partial charge on any atom is 0.451 e. The van der Waals surface area contributed by atoms with Gasteiger partial charge in [-0.3, -0.25) is 9.59 Å². The van der Waals surface area contributed by atoms with Crippen LogP contribution in [-0.2, 0) is 9.59 Å². The Morgan fingerprint density at radius 2 is 2.05 bits per heavy atom. The van der Waals surface area contributed by atoms with Crippen LogP contribution >= 0.6 is 0 Å². The van der Waals surface area contributed by atoms with Crippen molar-refractivity contribution in [3.8, 4) is 0 Å². The summed E-state index contributed by atoms with van der Waals surface area (Å²) in [6.45, 7) is 1.71. The second-order valence-corrected chi connectivity index (χ2v) is 5.40. The molecular formula is C11H22BN3O5. The average molecular weight is 287 g/mol. The van der Waals surface area contributed by atoms with Crippen molar-refractivity contribution in [2.75, 3.05) is 13.1 Å². The van der Waals surface area contributed by atoms with Crippen molar-refractivity contribution in [3.63, 3.8) is 0 Å². The van der Waals surface area contributed by atoms with E-state index in [0.717, 1.165) is 0 Å². The SMILES string of the molecule is C[C@@H]1N(C(=O)CN)C[C@@H](CCB(O)O)C[C@]1(N)C(=O)O. The summed E-state index contributed by atoms with van der Waals surface area (Å²) in [4.78, 5) is 24.6. The highest BCUT2D eigenvalue weighted by molar-refractivity contribution is 6.40. The van der Waals surface area contributed by atoms with Gasteiger partial charge in [0.2, 0.25) is 5.91 Å². The summed E-state index contributed by atoms with van der Waals surface area (Å²) in [5, 5.41) is 27.1. The zero-order valence-electron chi connectivity index (χ0n) is 11.5. The third kappa shape index (κ3) is 3.48. The van der Waals surface area contributed by atoms with E-state index in [9.17, 15) is 14.7 Å². The van der Waals surface area contributed by atoms with E-state index in [1.807, 2.05) is 0 Å². The molecule has 1 heterocycles. The lowest BCUT2D eigenvalue weighted by Crippen LogP contribution is -2.68. The van der Waals surface area contributed by atoms with Gasteiger partial charge in [-0.2, -0.15) is 0 Å². The van der Waals surface area contributed by atoms with Gasteiger partial charge in [-0.25, -0.2) is 0 Å². The molecule has 8 nitrogen and oxygen atoms in total. The Morgan fingerprint density at radius 3 is 2.50 bits per heavy atom. The Hall–Kier alpha value is -1.16. The number of hydrogen-bond donors (Lipinski definition) is 5. The summed E-state index contributed by atoms with van der Waals surface area (Å²) in [6, 6.07) is -0.661. The number of nitrogens with zero attached hydrogens (tertiary/aromatic N) is 1. The molecule has 1 rings (SSSR count). The maximum absolute atomic E-state index is 11.8. The van der Waals surface area contributed by atoms with Crippen LogP contribution in [0.15, 0.2) is 0 Å². The second-order valence-electron chi connectivity index (χ2n) is 5.40. The first-order valence-corrected chi connectivity index (χ1v) is 6.60. The summed E-state index contributed by atoms with van der Waals surface area (Å²) in [5.41, 5.74) is 9.76. The topological polar surface area (TPSA) is 150 Å². The monoisotopic (exact) mass is 287 g/mol. The van der Waals surface area contributed by atoms with Gasteiger partial charge < -0.3 is 31.5 Å². The quantitative estimate of drug-likeness (QED) is 0.361. The van der Waals surface area contributed by atoms with Gasteiger partial charge in [0.05, 0.1) is 12.6 Å². The van der Waals surface area contributed by atoms with Crippen LogP contribution < -0.4 is 11.5 Å². The molecule has 0 aromatic rings. The van der Waals surface area contributed by atoms with Crippen LogP contribution in [0.25, 0.3) is 0 Å². The van der Waals surface area contributed by atoms with E-state index in [1.54, 1.807) is 6.92 Å². The number of rotatable bonds is 5. The van der Waals surface area contributed by atoms with E-state index in [4.69, 9.17) is 21.5 Å². The van der Waals surface area contributed by atoms with Crippen molar-refractivity contribution in [3.05, 3.63) is 0 Å². The Bertz CT molecular complexity index is 381. The third-order valence-electron chi connectivity index (χ3n) is 4.02. The lowest BCUT2D eigenvalue weighted by molar-refractivity contribution is -0.153. The predicted molar refractivity (Wildman–Crippen MR) is 72.5 cm³/mol. The molecule has 0 unspecified atom stereocenters. The van der Waals surface area contributed by atoms with Gasteiger partial charge in [-0.05, 0) is 25.6 Å². The first-order chi connectivity index (χ1) is 9.22. The molecule has 3 atom stereocenters. The molecule has 0 saturated carbocycles. The number of carboxylic acid groups (broad SMARTS) is 1. The average Bonchev–Trinajstić information content (AvgIpc) is 2.38. The molecule has 9 heteroatoms. The Morgan fingerprint density at radius 1 is 1.45 bits per heavy atom. The summed E-state index contributed by atoms with van der Waals surface area (Å²) >= 11 is 0. The highest BCUT2D eigenvalue weighted by atomic mass is 16.4. The smallest absolute Gasteiger partial charge is 0.451 e. The van der Waals surface area contributed by atoms with Crippen molar-refractivity contribution < 1.29 is 24.7 Å². The maximum atomic E-state index is 11.8. The second kappa shape index (κ2) is 6.53. The number of hydrogen-bond acceptors (Lipinski definition) is 6. The minimum atomic E-state index is -1.55. The number of nitrogens with two attached hydrogens (primary N) is 2. The highest BCUT2D eigenvalue weighted by Gasteiger charge is 2.49. The molecule has 0 aromatic carbocycles. The zero-order valence-corrected chi connectivity index (χ0v) is 11.5. The number of carboxylic acids is 1. The van der Waals surface area contributed by atoms with Crippen LogP contribution in [0, 0.1) is 5.92 Å². The summed E-state index contributed by atoms with van der Waals surface area (Å²) < 4.78 is 0. The predicted octanol–water partition coefficient (Wildman–Crippen LogP) is -2.17. The lowest BCUT2D eigenvalue weighted by atomic mass is 9.72. The standard InChI is InChI=1S/C11H22BN3O5/c1-7-11(14,10(17)18)4-8(2-3-12(19)20)6-15(7)9(16)5-13/h7-8,19-20H,2-6,13-14H2,1H3,(H,17,18)/t7-,8-,11+/m0/s1. The Balaban J connectivity index is 2.92. The van der Waals surface area contributed by atoms with Crippen LogP contribution in [0.2, 0.25) is 6.32 Å².